The molecule has 0 aliphatic carbocycles. The van der Waals surface area contributed by atoms with Crippen molar-refractivity contribution in [1.29, 1.82) is 0 Å². The molecule has 2 unspecified atom stereocenters. The van der Waals surface area contributed by atoms with Crippen molar-refractivity contribution in [2.24, 2.45) is 0 Å². The fourth-order valence-electron chi connectivity index (χ4n) is 9.78. The van der Waals surface area contributed by atoms with Gasteiger partial charge in [0, 0.05) is 12.8 Å². The summed E-state index contributed by atoms with van der Waals surface area (Å²) in [6, 6.07) is 0. The second kappa shape index (κ2) is 69.2. The third kappa shape index (κ3) is 72.9. The molecule has 0 bridgehead atoms. The molecule has 0 heterocycles. The molecule has 0 aromatic carbocycles. The zero-order valence-electron chi connectivity index (χ0n) is 58.5. The van der Waals surface area contributed by atoms with Crippen LogP contribution in [0.15, 0.2) is 146 Å². The standard InChI is InChI=1S/C80H136NO8P/c1-6-8-10-12-14-16-18-20-22-24-26-28-30-32-33-34-35-36-37-38-39-40-41-42-43-44-45-46-47-49-51-53-55-57-59-61-63-65-67-69-71-73-80(83)89-78(77-88-90(84,85)87-75-74-81(3,4)5)76-86-79(82)72-70-68-66-64-62-60-58-56-54-52-50-48-31-29-27-25-23-21-19-17-15-13-11-9-7-2/h8,10,14,16,19-22,25-28,31-33,35-36,38-39,41-42,44-45,48,78H,6-7,9,11-13,15,17-18,23-24,29-30,34,37,40,43,46-47,49-77H2,1-5H3/b10-8-,16-14-,21-19-,22-20-,27-25-,28-26-,33-32-,36-35-,39-38-,42-41-,45-44-,48-31-. The number of nitrogens with zero attached hydrogens (tertiary/aromatic N) is 1. The van der Waals surface area contributed by atoms with Gasteiger partial charge < -0.3 is 27.9 Å². The van der Waals surface area contributed by atoms with Crippen molar-refractivity contribution in [1.82, 2.24) is 0 Å². The van der Waals surface area contributed by atoms with E-state index in [4.69, 9.17) is 18.5 Å². The Hall–Kier alpha value is -4.11. The van der Waals surface area contributed by atoms with E-state index >= 15 is 0 Å². The third-order valence-corrected chi connectivity index (χ3v) is 16.3. The molecule has 0 N–H and O–H groups in total. The van der Waals surface area contributed by atoms with Gasteiger partial charge in [0.05, 0.1) is 27.7 Å². The van der Waals surface area contributed by atoms with Crippen LogP contribution in [-0.4, -0.2) is 70.0 Å². The van der Waals surface area contributed by atoms with Crippen molar-refractivity contribution >= 4 is 19.8 Å². The molecule has 9 nitrogen and oxygen atoms in total. The molecule has 0 fully saturated rings. The van der Waals surface area contributed by atoms with Crippen molar-refractivity contribution in [3.8, 4) is 0 Å². The third-order valence-electron chi connectivity index (χ3n) is 15.3. The fraction of sp³-hybridized carbons (Fsp3) is 0.675. The lowest BCUT2D eigenvalue weighted by Crippen LogP contribution is -2.37. The summed E-state index contributed by atoms with van der Waals surface area (Å²) in [5.74, 6) is -0.839. The Labute approximate surface area is 554 Å². The van der Waals surface area contributed by atoms with E-state index in [9.17, 15) is 19.0 Å². The van der Waals surface area contributed by atoms with E-state index in [0.717, 1.165) is 122 Å². The Balaban J connectivity index is 4.06. The number of hydrogen-bond donors (Lipinski definition) is 0. The van der Waals surface area contributed by atoms with E-state index < -0.39 is 26.5 Å². The molecule has 2 atom stereocenters. The van der Waals surface area contributed by atoms with Gasteiger partial charge in [-0.15, -0.1) is 0 Å². The van der Waals surface area contributed by atoms with E-state index in [1.165, 1.54) is 141 Å². The van der Waals surface area contributed by atoms with Gasteiger partial charge in [-0.25, -0.2) is 0 Å². The predicted octanol–water partition coefficient (Wildman–Crippen LogP) is 23.5. The van der Waals surface area contributed by atoms with Gasteiger partial charge in [-0.3, -0.25) is 14.2 Å². The maximum Gasteiger partial charge on any atom is 0.306 e. The number of quaternary nitrogens is 1. The van der Waals surface area contributed by atoms with Gasteiger partial charge in [0.25, 0.3) is 7.82 Å². The van der Waals surface area contributed by atoms with Crippen LogP contribution in [0.4, 0.5) is 0 Å². The van der Waals surface area contributed by atoms with Gasteiger partial charge >= 0.3 is 11.9 Å². The van der Waals surface area contributed by atoms with Crippen LogP contribution in [0.25, 0.3) is 0 Å². The van der Waals surface area contributed by atoms with Gasteiger partial charge in [0.1, 0.15) is 19.8 Å². The van der Waals surface area contributed by atoms with Crippen molar-refractivity contribution in [2.45, 2.75) is 302 Å². The van der Waals surface area contributed by atoms with E-state index in [1.54, 1.807) is 0 Å². The molecule has 514 valence electrons. The van der Waals surface area contributed by atoms with Crippen LogP contribution in [0.5, 0.6) is 0 Å². The first-order chi connectivity index (χ1) is 44.0. The molecule has 0 aromatic heterocycles. The van der Waals surface area contributed by atoms with Crippen LogP contribution >= 0.6 is 7.82 Å². The van der Waals surface area contributed by atoms with E-state index in [0.29, 0.717) is 17.4 Å². The zero-order chi connectivity index (χ0) is 65.5. The molecule has 0 aliphatic heterocycles. The highest BCUT2D eigenvalue weighted by Crippen LogP contribution is 2.38. The number of allylic oxidation sites excluding steroid dienone is 24. The van der Waals surface area contributed by atoms with Crippen molar-refractivity contribution in [3.05, 3.63) is 146 Å². The summed E-state index contributed by atoms with van der Waals surface area (Å²) in [6.45, 7) is 4.12. The summed E-state index contributed by atoms with van der Waals surface area (Å²) in [7, 11) is 1.15. The minimum atomic E-state index is -4.65. The Morgan fingerprint density at radius 2 is 0.633 bits per heavy atom. The number of ether oxygens (including phenoxy) is 2. The Morgan fingerprint density at radius 3 is 0.944 bits per heavy atom. The van der Waals surface area contributed by atoms with E-state index in [-0.39, 0.29) is 32.0 Å². The zero-order valence-corrected chi connectivity index (χ0v) is 59.4. The van der Waals surface area contributed by atoms with Gasteiger partial charge in [0.2, 0.25) is 0 Å². The minimum absolute atomic E-state index is 0.0372. The lowest BCUT2D eigenvalue weighted by Gasteiger charge is -2.28. The normalized spacial score (nSPS) is 14.0. The molecule has 0 aromatic rings. The number of rotatable bonds is 66. The Kier molecular flexibility index (Phi) is 66.1. The van der Waals surface area contributed by atoms with Crippen molar-refractivity contribution < 1.29 is 42.1 Å². The molecule has 0 rings (SSSR count). The van der Waals surface area contributed by atoms with Gasteiger partial charge in [0.15, 0.2) is 6.10 Å². The van der Waals surface area contributed by atoms with Crippen molar-refractivity contribution in [3.63, 3.8) is 0 Å². The molecule has 0 saturated carbocycles. The summed E-state index contributed by atoms with van der Waals surface area (Å²) in [4.78, 5) is 38.1. The highest BCUT2D eigenvalue weighted by molar-refractivity contribution is 7.45. The number of carbonyl (C=O) groups is 2. The van der Waals surface area contributed by atoms with Crippen LogP contribution in [-0.2, 0) is 32.7 Å². The molecule has 90 heavy (non-hydrogen) atoms. The topological polar surface area (TPSA) is 111 Å². The fourth-order valence-corrected chi connectivity index (χ4v) is 10.5. The van der Waals surface area contributed by atoms with Crippen LogP contribution in [0.1, 0.15) is 296 Å². The highest BCUT2D eigenvalue weighted by atomic mass is 31.2. The maximum absolute atomic E-state index is 12.9. The summed E-state index contributed by atoms with van der Waals surface area (Å²) in [5.41, 5.74) is 0. The average Bonchev–Trinajstić information content (AvgIpc) is 3.62. The second-order valence-electron chi connectivity index (χ2n) is 25.2. The second-order valence-corrected chi connectivity index (χ2v) is 26.6. The average molecular weight is 1270 g/mol. The minimum Gasteiger partial charge on any atom is -0.756 e. The predicted molar refractivity (Wildman–Crippen MR) is 387 cm³/mol. The first kappa shape index (κ1) is 85.9. The van der Waals surface area contributed by atoms with E-state index in [2.05, 4.69) is 160 Å². The van der Waals surface area contributed by atoms with Crippen LogP contribution in [0.3, 0.4) is 0 Å². The first-order valence-electron chi connectivity index (χ1n) is 36.5. The lowest BCUT2D eigenvalue weighted by atomic mass is 10.0. The van der Waals surface area contributed by atoms with Gasteiger partial charge in [-0.2, -0.15) is 0 Å². The number of phosphoric ester groups is 1. The van der Waals surface area contributed by atoms with Crippen molar-refractivity contribution in [2.75, 3.05) is 47.5 Å². The number of unbranched alkanes of at least 4 members (excludes halogenated alkanes) is 28. The summed E-state index contributed by atoms with van der Waals surface area (Å²) in [6.07, 6.45) is 102. The monoisotopic (exact) mass is 1270 g/mol. The number of hydrogen-bond acceptors (Lipinski definition) is 8. The Morgan fingerprint density at radius 1 is 0.356 bits per heavy atom. The molecular formula is C80H136NO8P. The van der Waals surface area contributed by atoms with Gasteiger partial charge in [-0.1, -0.05) is 307 Å². The smallest absolute Gasteiger partial charge is 0.306 e. The van der Waals surface area contributed by atoms with Crippen LogP contribution in [0, 0.1) is 0 Å². The SMILES string of the molecule is CC/C=C\C/C=C\C/C=C\C/C=C\C/C=C\C/C=C\C/C=C\C/C=C\C/C=C\CCCCCCCCCCCCCCCC(=O)OC(COC(=O)CCCCCCCCCCCC/C=C\C/C=C\C/C=C\CCCCCCC)COP(=O)([O-])OCC[N+](C)(C)C. The summed E-state index contributed by atoms with van der Waals surface area (Å²) in [5, 5.41) is 0. The largest absolute Gasteiger partial charge is 0.756 e. The molecule has 0 spiro atoms. The maximum atomic E-state index is 12.9. The number of phosphoric acid groups is 1. The number of carbonyl (C=O) groups excluding carboxylic acids is 2. The molecule has 10 heteroatoms. The summed E-state index contributed by atoms with van der Waals surface area (Å²) >= 11 is 0. The highest BCUT2D eigenvalue weighted by Gasteiger charge is 2.22. The van der Waals surface area contributed by atoms with Gasteiger partial charge in [-0.05, 0) is 122 Å². The molecular weight excluding hydrogens is 1130 g/mol. The van der Waals surface area contributed by atoms with Crippen LogP contribution < -0.4 is 4.89 Å². The van der Waals surface area contributed by atoms with E-state index in [1.807, 2.05) is 21.1 Å². The lowest BCUT2D eigenvalue weighted by molar-refractivity contribution is -0.870. The molecule has 0 amide bonds. The van der Waals surface area contributed by atoms with Crippen LogP contribution in [0.2, 0.25) is 0 Å². The molecule has 0 saturated heterocycles. The Bertz CT molecular complexity index is 2030. The molecule has 0 aliphatic rings. The first-order valence-corrected chi connectivity index (χ1v) is 38.0. The number of esters is 2. The quantitative estimate of drug-likeness (QED) is 0.0195. The molecule has 0 radical (unpaired) electrons. The summed E-state index contributed by atoms with van der Waals surface area (Å²) < 4.78 is 34.3. The number of likely N-dealkylation sites (N-methyl/N-ethyl adjacent to an activating group) is 1.